The van der Waals surface area contributed by atoms with Gasteiger partial charge in [-0.25, -0.2) is 0 Å². The van der Waals surface area contributed by atoms with Gasteiger partial charge in [0.05, 0.1) is 20.8 Å². The summed E-state index contributed by atoms with van der Waals surface area (Å²) in [6.45, 7) is -0.491. The Hall–Kier alpha value is -2.77. The minimum atomic E-state index is -0.508. The highest BCUT2D eigenvalue weighted by atomic mass is 16.5. The normalized spacial score (nSPS) is 9.92. The van der Waals surface area contributed by atoms with Gasteiger partial charge in [-0.2, -0.15) is 0 Å². The van der Waals surface area contributed by atoms with Gasteiger partial charge in [0.15, 0.2) is 18.1 Å². The Morgan fingerprint density at radius 2 is 1.88 bits per heavy atom. The van der Waals surface area contributed by atoms with Crippen molar-refractivity contribution in [1.29, 1.82) is 0 Å². The molecule has 0 saturated heterocycles. The van der Waals surface area contributed by atoms with Crippen LogP contribution in [-0.2, 0) is 25.5 Å². The number of likely N-dealkylation sites (N-methyl/N-ethyl adjacent to an activating group) is 2. The molecule has 0 saturated carbocycles. The monoisotopic (exact) mass is 352 g/mol. The minimum Gasteiger partial charge on any atom is -0.493 e. The van der Waals surface area contributed by atoms with Crippen LogP contribution in [0.3, 0.4) is 0 Å². The summed E-state index contributed by atoms with van der Waals surface area (Å²) in [7, 11) is 6.01. The lowest BCUT2D eigenvalue weighted by atomic mass is 10.1. The zero-order valence-corrected chi connectivity index (χ0v) is 15.0. The maximum absolute atomic E-state index is 11.8. The number of hydrogen-bond acceptors (Lipinski definition) is 6. The lowest BCUT2D eigenvalue weighted by Gasteiger charge is -2.16. The number of methoxy groups -OCH3 is 2. The van der Waals surface area contributed by atoms with Gasteiger partial charge in [0.2, 0.25) is 5.91 Å². The first kappa shape index (κ1) is 20.3. The molecular formula is C17H24N2O6. The maximum atomic E-state index is 11.8. The van der Waals surface area contributed by atoms with Gasteiger partial charge >= 0.3 is 5.97 Å². The van der Waals surface area contributed by atoms with E-state index < -0.39 is 18.5 Å². The van der Waals surface area contributed by atoms with Crippen LogP contribution in [0.4, 0.5) is 0 Å². The highest BCUT2D eigenvalue weighted by Crippen LogP contribution is 2.31. The van der Waals surface area contributed by atoms with Crippen molar-refractivity contribution in [2.45, 2.75) is 12.8 Å². The number of esters is 1. The van der Waals surface area contributed by atoms with Gasteiger partial charge in [0.1, 0.15) is 0 Å². The van der Waals surface area contributed by atoms with E-state index in [1.54, 1.807) is 12.1 Å². The number of aryl methyl sites for hydroxylation is 1. The molecule has 0 heterocycles. The van der Waals surface area contributed by atoms with E-state index in [-0.39, 0.29) is 18.9 Å². The number of para-hydroxylation sites is 1. The van der Waals surface area contributed by atoms with E-state index in [1.807, 2.05) is 6.07 Å². The quantitative estimate of drug-likeness (QED) is 0.646. The summed E-state index contributed by atoms with van der Waals surface area (Å²) in [6, 6.07) is 5.40. The lowest BCUT2D eigenvalue weighted by molar-refractivity contribution is -0.151. The molecule has 0 spiro atoms. The Morgan fingerprint density at radius 3 is 2.48 bits per heavy atom. The summed E-state index contributed by atoms with van der Waals surface area (Å²) in [6.07, 6.45) is 0.484. The number of carbonyl (C=O) groups is 3. The first-order valence-electron chi connectivity index (χ1n) is 7.73. The van der Waals surface area contributed by atoms with Crippen LogP contribution in [0.25, 0.3) is 0 Å². The minimum absolute atomic E-state index is 0.0894. The number of rotatable bonds is 9. The fourth-order valence-electron chi connectivity index (χ4n) is 2.09. The Morgan fingerprint density at radius 1 is 1.16 bits per heavy atom. The van der Waals surface area contributed by atoms with E-state index in [9.17, 15) is 14.4 Å². The Labute approximate surface area is 147 Å². The van der Waals surface area contributed by atoms with Crippen molar-refractivity contribution in [2.24, 2.45) is 0 Å². The molecule has 0 aromatic heterocycles. The highest BCUT2D eigenvalue weighted by molar-refractivity contribution is 5.86. The second kappa shape index (κ2) is 10.2. The number of hydrogen-bond donors (Lipinski definition) is 1. The van der Waals surface area contributed by atoms with Gasteiger partial charge in [0, 0.05) is 20.5 Å². The second-order valence-corrected chi connectivity index (χ2v) is 5.24. The molecule has 0 fully saturated rings. The van der Waals surface area contributed by atoms with Crippen LogP contribution in [0.15, 0.2) is 18.2 Å². The molecule has 0 unspecified atom stereocenters. The Balaban J connectivity index is 2.48. The molecule has 1 N–H and O–H groups in total. The third-order valence-corrected chi connectivity index (χ3v) is 3.52. The van der Waals surface area contributed by atoms with Crippen LogP contribution in [0, 0.1) is 0 Å². The van der Waals surface area contributed by atoms with Gasteiger partial charge in [-0.3, -0.25) is 14.4 Å². The van der Waals surface area contributed by atoms with E-state index in [0.29, 0.717) is 17.9 Å². The van der Waals surface area contributed by atoms with Gasteiger partial charge in [-0.05, 0) is 18.1 Å². The van der Waals surface area contributed by atoms with Crippen LogP contribution >= 0.6 is 0 Å². The molecule has 8 heteroatoms. The fraction of sp³-hybridized carbons (Fsp3) is 0.471. The molecule has 1 aromatic rings. The van der Waals surface area contributed by atoms with E-state index in [2.05, 4.69) is 5.32 Å². The summed E-state index contributed by atoms with van der Waals surface area (Å²) in [5, 5.41) is 2.41. The second-order valence-electron chi connectivity index (χ2n) is 5.24. The molecule has 25 heavy (non-hydrogen) atoms. The van der Waals surface area contributed by atoms with Crippen LogP contribution < -0.4 is 14.8 Å². The number of carbonyl (C=O) groups excluding carboxylic acids is 3. The van der Waals surface area contributed by atoms with E-state index in [0.717, 1.165) is 5.56 Å². The first-order chi connectivity index (χ1) is 11.9. The van der Waals surface area contributed by atoms with Gasteiger partial charge in [-0.1, -0.05) is 12.1 Å². The summed E-state index contributed by atoms with van der Waals surface area (Å²) in [5.74, 6) is -0.103. The molecule has 138 valence electrons. The van der Waals surface area contributed by atoms with Crippen molar-refractivity contribution < 1.29 is 28.6 Å². The SMILES string of the molecule is CNC(=O)CN(C)C(=O)COC(=O)CCc1cccc(OC)c1OC. The van der Waals surface area contributed by atoms with Crippen molar-refractivity contribution in [3.8, 4) is 11.5 Å². The van der Waals surface area contributed by atoms with Crippen molar-refractivity contribution in [3.63, 3.8) is 0 Å². The summed E-state index contributed by atoms with van der Waals surface area (Å²) in [5.41, 5.74) is 0.807. The van der Waals surface area contributed by atoms with Gasteiger partial charge < -0.3 is 24.4 Å². The zero-order valence-electron chi connectivity index (χ0n) is 15.0. The molecule has 0 bridgehead atoms. The Bertz CT molecular complexity index is 617. The molecule has 8 nitrogen and oxygen atoms in total. The van der Waals surface area contributed by atoms with Crippen molar-refractivity contribution in [3.05, 3.63) is 23.8 Å². The van der Waals surface area contributed by atoms with Crippen molar-refractivity contribution in [1.82, 2.24) is 10.2 Å². The number of nitrogens with zero attached hydrogens (tertiary/aromatic N) is 1. The number of ether oxygens (including phenoxy) is 3. The van der Waals surface area contributed by atoms with E-state index in [4.69, 9.17) is 14.2 Å². The number of benzene rings is 1. The maximum Gasteiger partial charge on any atom is 0.306 e. The third kappa shape index (κ3) is 6.33. The van der Waals surface area contributed by atoms with Crippen molar-refractivity contribution in [2.75, 3.05) is 41.5 Å². The van der Waals surface area contributed by atoms with Crippen LogP contribution in [0.5, 0.6) is 11.5 Å². The zero-order chi connectivity index (χ0) is 18.8. The third-order valence-electron chi connectivity index (χ3n) is 3.52. The molecule has 2 amide bonds. The predicted octanol–water partition coefficient (Wildman–Crippen LogP) is 0.384. The molecule has 0 aliphatic heterocycles. The van der Waals surface area contributed by atoms with E-state index >= 15 is 0 Å². The molecular weight excluding hydrogens is 328 g/mol. The highest BCUT2D eigenvalue weighted by Gasteiger charge is 2.15. The molecule has 0 atom stereocenters. The summed E-state index contributed by atoms with van der Waals surface area (Å²) in [4.78, 5) is 36.0. The van der Waals surface area contributed by atoms with Gasteiger partial charge in [0.25, 0.3) is 5.91 Å². The molecule has 0 aliphatic rings. The fourth-order valence-corrected chi connectivity index (χ4v) is 2.09. The number of amides is 2. The molecule has 0 aliphatic carbocycles. The largest absolute Gasteiger partial charge is 0.493 e. The van der Waals surface area contributed by atoms with Crippen LogP contribution in [-0.4, -0.2) is 64.2 Å². The Kier molecular flexibility index (Phi) is 8.25. The predicted molar refractivity (Wildman–Crippen MR) is 90.5 cm³/mol. The summed E-state index contributed by atoms with van der Waals surface area (Å²) >= 11 is 0. The average molecular weight is 352 g/mol. The standard InChI is InChI=1S/C17H24N2O6/c1-18-14(20)10-19(2)15(21)11-25-16(22)9-8-12-6-5-7-13(23-3)17(12)24-4/h5-7H,8-11H2,1-4H3,(H,18,20). The molecule has 1 aromatic carbocycles. The van der Waals surface area contributed by atoms with Crippen LogP contribution in [0.1, 0.15) is 12.0 Å². The van der Waals surface area contributed by atoms with Crippen LogP contribution in [0.2, 0.25) is 0 Å². The first-order valence-corrected chi connectivity index (χ1v) is 7.73. The molecule has 1 rings (SSSR count). The topological polar surface area (TPSA) is 94.2 Å². The smallest absolute Gasteiger partial charge is 0.306 e. The van der Waals surface area contributed by atoms with Gasteiger partial charge in [-0.15, -0.1) is 0 Å². The van der Waals surface area contributed by atoms with E-state index in [1.165, 1.54) is 33.2 Å². The van der Waals surface area contributed by atoms with Crippen molar-refractivity contribution >= 4 is 17.8 Å². The average Bonchev–Trinajstić information content (AvgIpc) is 2.63. The lowest BCUT2D eigenvalue weighted by Crippen LogP contribution is -2.39. The summed E-state index contributed by atoms with van der Waals surface area (Å²) < 4.78 is 15.5. The number of nitrogens with one attached hydrogen (secondary N) is 1. The molecule has 0 radical (unpaired) electrons.